The molecular formula is C31H58N2. The van der Waals surface area contributed by atoms with Crippen molar-refractivity contribution >= 4 is 5.84 Å². The minimum Gasteiger partial charge on any atom is -0.370 e. The minimum absolute atomic E-state index is 0.516. The molecule has 33 heavy (non-hydrogen) atoms. The van der Waals surface area contributed by atoms with E-state index in [1.54, 1.807) is 0 Å². The molecule has 0 aromatic carbocycles. The Labute approximate surface area is 207 Å². The zero-order valence-corrected chi connectivity index (χ0v) is 23.6. The highest BCUT2D eigenvalue weighted by atomic mass is 15.1. The summed E-state index contributed by atoms with van der Waals surface area (Å²) in [5, 5.41) is 4.30. The SMILES string of the molecule is CC(C)C1CCC[C@@H](C(C)C)C1/N=C(/N[C@H]1C(C(C)C)CCC[C@H]1C(C)C)C1CCCCC1. The molecule has 3 saturated carbocycles. The van der Waals surface area contributed by atoms with E-state index in [9.17, 15) is 0 Å². The molecule has 192 valence electrons. The summed E-state index contributed by atoms with van der Waals surface area (Å²) in [7, 11) is 0. The molecule has 3 rings (SSSR count). The summed E-state index contributed by atoms with van der Waals surface area (Å²) in [4.78, 5) is 5.85. The van der Waals surface area contributed by atoms with Gasteiger partial charge in [0.1, 0.15) is 0 Å². The molecule has 3 fully saturated rings. The molecular weight excluding hydrogens is 400 g/mol. The van der Waals surface area contributed by atoms with Crippen molar-refractivity contribution in [2.75, 3.05) is 0 Å². The second-order valence-corrected chi connectivity index (χ2v) is 13.5. The monoisotopic (exact) mass is 458 g/mol. The Morgan fingerprint density at radius 3 is 1.39 bits per heavy atom. The number of aliphatic imine (C=N–C) groups is 1. The second-order valence-electron chi connectivity index (χ2n) is 13.5. The Kier molecular flexibility index (Phi) is 10.2. The van der Waals surface area contributed by atoms with Crippen LogP contribution in [0, 0.1) is 53.3 Å². The molecule has 0 aliphatic heterocycles. The van der Waals surface area contributed by atoms with Crippen LogP contribution in [0.2, 0.25) is 0 Å². The molecule has 0 amide bonds. The Morgan fingerprint density at radius 1 is 0.545 bits per heavy atom. The van der Waals surface area contributed by atoms with Gasteiger partial charge in [-0.25, -0.2) is 0 Å². The summed E-state index contributed by atoms with van der Waals surface area (Å²) < 4.78 is 0. The summed E-state index contributed by atoms with van der Waals surface area (Å²) in [5.74, 6) is 8.14. The molecule has 0 saturated heterocycles. The first kappa shape index (κ1) is 27.1. The van der Waals surface area contributed by atoms with Gasteiger partial charge in [-0.05, 0) is 85.9 Å². The number of rotatable bonds is 7. The normalized spacial score (nSPS) is 35.1. The molecule has 0 aromatic heterocycles. The quantitative estimate of drug-likeness (QED) is 0.299. The first-order valence-electron chi connectivity index (χ1n) is 15.0. The van der Waals surface area contributed by atoms with Crippen molar-refractivity contribution in [2.24, 2.45) is 58.3 Å². The van der Waals surface area contributed by atoms with Crippen molar-refractivity contribution in [3.63, 3.8) is 0 Å². The van der Waals surface area contributed by atoms with Gasteiger partial charge in [-0.2, -0.15) is 0 Å². The molecule has 0 spiro atoms. The fraction of sp³-hybridized carbons (Fsp3) is 0.968. The maximum atomic E-state index is 5.85. The highest BCUT2D eigenvalue weighted by Crippen LogP contribution is 2.42. The lowest BCUT2D eigenvalue weighted by Crippen LogP contribution is -2.53. The summed E-state index contributed by atoms with van der Waals surface area (Å²) in [6.45, 7) is 19.7. The number of hydrogen-bond acceptors (Lipinski definition) is 1. The first-order chi connectivity index (χ1) is 15.7. The topological polar surface area (TPSA) is 24.4 Å². The Morgan fingerprint density at radius 2 is 0.970 bits per heavy atom. The number of nitrogens with zero attached hydrogens (tertiary/aromatic N) is 1. The van der Waals surface area contributed by atoms with Crippen LogP contribution in [0.15, 0.2) is 4.99 Å². The molecule has 2 heteroatoms. The van der Waals surface area contributed by atoms with E-state index in [1.165, 1.54) is 76.5 Å². The molecule has 3 aliphatic rings. The second kappa shape index (κ2) is 12.4. The number of nitrogens with one attached hydrogen (secondary N) is 1. The van der Waals surface area contributed by atoms with Crippen molar-refractivity contribution in [3.05, 3.63) is 0 Å². The lowest BCUT2D eigenvalue weighted by Gasteiger charge is -2.45. The average Bonchev–Trinajstić information content (AvgIpc) is 2.78. The Bertz CT molecular complexity index is 566. The van der Waals surface area contributed by atoms with Crippen LogP contribution in [0.1, 0.15) is 126 Å². The molecule has 0 heterocycles. The lowest BCUT2D eigenvalue weighted by molar-refractivity contribution is 0.123. The number of amidine groups is 1. The van der Waals surface area contributed by atoms with Gasteiger partial charge in [0, 0.05) is 12.0 Å². The van der Waals surface area contributed by atoms with E-state index in [4.69, 9.17) is 4.99 Å². The molecule has 3 aliphatic carbocycles. The van der Waals surface area contributed by atoms with E-state index in [2.05, 4.69) is 60.7 Å². The van der Waals surface area contributed by atoms with Crippen molar-refractivity contribution in [1.82, 2.24) is 5.32 Å². The van der Waals surface area contributed by atoms with Gasteiger partial charge < -0.3 is 5.32 Å². The van der Waals surface area contributed by atoms with E-state index >= 15 is 0 Å². The van der Waals surface area contributed by atoms with E-state index in [-0.39, 0.29) is 0 Å². The van der Waals surface area contributed by atoms with Crippen LogP contribution in [-0.4, -0.2) is 17.9 Å². The predicted octanol–water partition coefficient (Wildman–Crippen LogP) is 8.75. The van der Waals surface area contributed by atoms with Crippen molar-refractivity contribution in [3.8, 4) is 0 Å². The third-order valence-corrected chi connectivity index (χ3v) is 9.97. The predicted molar refractivity (Wildman–Crippen MR) is 146 cm³/mol. The fourth-order valence-corrected chi connectivity index (χ4v) is 7.84. The first-order valence-corrected chi connectivity index (χ1v) is 15.0. The average molecular weight is 459 g/mol. The molecule has 3 unspecified atom stereocenters. The van der Waals surface area contributed by atoms with Crippen molar-refractivity contribution < 1.29 is 0 Å². The summed E-state index contributed by atoms with van der Waals surface area (Å²) >= 11 is 0. The van der Waals surface area contributed by atoms with E-state index < -0.39 is 0 Å². The molecule has 0 radical (unpaired) electrons. The maximum Gasteiger partial charge on any atom is 0.1000 e. The Balaban J connectivity index is 1.98. The van der Waals surface area contributed by atoms with Crippen LogP contribution in [-0.2, 0) is 0 Å². The van der Waals surface area contributed by atoms with Crippen LogP contribution >= 0.6 is 0 Å². The standard InChI is InChI=1S/C31H58N2/c1-20(2)25-16-12-17-26(21(3)4)29(25)32-31(24-14-10-9-11-15-24)33-30-27(22(5)6)18-13-19-28(30)23(7)8/h20-30H,9-19H2,1-8H3,(H,32,33)/t25-,26?,27-,28?,29+,30?/m0/s1. The van der Waals surface area contributed by atoms with Gasteiger partial charge >= 0.3 is 0 Å². The molecule has 0 bridgehead atoms. The zero-order valence-electron chi connectivity index (χ0n) is 23.6. The van der Waals surface area contributed by atoms with Gasteiger partial charge in [-0.1, -0.05) is 87.5 Å². The van der Waals surface area contributed by atoms with E-state index in [0.29, 0.717) is 18.0 Å². The van der Waals surface area contributed by atoms with Gasteiger partial charge in [0.05, 0.1) is 11.9 Å². The Hall–Kier alpha value is -0.530. The highest BCUT2D eigenvalue weighted by molar-refractivity contribution is 5.85. The third-order valence-electron chi connectivity index (χ3n) is 9.97. The van der Waals surface area contributed by atoms with Gasteiger partial charge in [0.25, 0.3) is 0 Å². The minimum atomic E-state index is 0.516. The largest absolute Gasteiger partial charge is 0.370 e. The van der Waals surface area contributed by atoms with Crippen molar-refractivity contribution in [1.29, 1.82) is 0 Å². The molecule has 2 nitrogen and oxygen atoms in total. The van der Waals surface area contributed by atoms with Crippen LogP contribution in [0.4, 0.5) is 0 Å². The highest BCUT2D eigenvalue weighted by Gasteiger charge is 2.40. The lowest BCUT2D eigenvalue weighted by atomic mass is 9.68. The summed E-state index contributed by atoms with van der Waals surface area (Å²) in [6.07, 6.45) is 15.2. The van der Waals surface area contributed by atoms with Gasteiger partial charge in [0.2, 0.25) is 0 Å². The van der Waals surface area contributed by atoms with Gasteiger partial charge in [0.15, 0.2) is 0 Å². The molecule has 1 N–H and O–H groups in total. The fourth-order valence-electron chi connectivity index (χ4n) is 7.84. The van der Waals surface area contributed by atoms with Crippen LogP contribution in [0.3, 0.4) is 0 Å². The van der Waals surface area contributed by atoms with Crippen LogP contribution in [0.25, 0.3) is 0 Å². The zero-order chi connectivity index (χ0) is 24.1. The third kappa shape index (κ3) is 6.78. The van der Waals surface area contributed by atoms with E-state index in [0.717, 1.165) is 47.3 Å². The van der Waals surface area contributed by atoms with Crippen LogP contribution in [0.5, 0.6) is 0 Å². The molecule has 6 atom stereocenters. The summed E-state index contributed by atoms with van der Waals surface area (Å²) in [6, 6.07) is 1.12. The number of hydrogen-bond donors (Lipinski definition) is 1. The van der Waals surface area contributed by atoms with Crippen LogP contribution < -0.4 is 5.32 Å². The van der Waals surface area contributed by atoms with Gasteiger partial charge in [-0.15, -0.1) is 0 Å². The van der Waals surface area contributed by atoms with Gasteiger partial charge in [-0.3, -0.25) is 4.99 Å². The summed E-state index contributed by atoms with van der Waals surface area (Å²) in [5.41, 5.74) is 0. The molecule has 0 aromatic rings. The van der Waals surface area contributed by atoms with E-state index in [1.807, 2.05) is 0 Å². The van der Waals surface area contributed by atoms with Crippen molar-refractivity contribution in [2.45, 2.75) is 138 Å². The maximum absolute atomic E-state index is 5.85. The smallest absolute Gasteiger partial charge is 0.1000 e.